The number of benzene rings is 1. The lowest BCUT2D eigenvalue weighted by molar-refractivity contribution is 0.371. The third kappa shape index (κ3) is 1.83. The van der Waals surface area contributed by atoms with Gasteiger partial charge in [0, 0.05) is 6.54 Å². The zero-order valence-corrected chi connectivity index (χ0v) is 12.5. The van der Waals surface area contributed by atoms with Crippen molar-refractivity contribution in [2.45, 2.75) is 38.1 Å². The van der Waals surface area contributed by atoms with E-state index >= 15 is 0 Å². The van der Waals surface area contributed by atoms with Crippen molar-refractivity contribution in [3.8, 4) is 5.75 Å². The Morgan fingerprint density at radius 1 is 1.40 bits per heavy atom. The molecule has 3 nitrogen and oxygen atoms in total. The fourth-order valence-electron chi connectivity index (χ4n) is 3.48. The van der Waals surface area contributed by atoms with Crippen LogP contribution in [0.1, 0.15) is 31.5 Å². The number of para-hydroxylation sites is 1. The summed E-state index contributed by atoms with van der Waals surface area (Å²) < 4.78 is 7.76. The van der Waals surface area contributed by atoms with Gasteiger partial charge in [-0.25, -0.2) is 4.98 Å². The number of fused-ring (bicyclic) bond motifs is 1. The molecule has 106 valence electrons. The van der Waals surface area contributed by atoms with Crippen LogP contribution in [0.5, 0.6) is 5.75 Å². The predicted octanol–water partition coefficient (Wildman–Crippen LogP) is 3.97. The summed E-state index contributed by atoms with van der Waals surface area (Å²) in [7, 11) is 1.70. The molecular formula is C16H19ClN2O. The van der Waals surface area contributed by atoms with E-state index in [1.54, 1.807) is 7.11 Å². The van der Waals surface area contributed by atoms with Crippen molar-refractivity contribution < 1.29 is 4.74 Å². The first-order valence-electron chi connectivity index (χ1n) is 7.35. The molecule has 2 fully saturated rings. The van der Waals surface area contributed by atoms with E-state index in [4.69, 9.17) is 21.3 Å². The second kappa shape index (κ2) is 4.39. The van der Waals surface area contributed by atoms with Crippen LogP contribution in [0.15, 0.2) is 18.2 Å². The van der Waals surface area contributed by atoms with E-state index in [-0.39, 0.29) is 0 Å². The molecule has 2 aliphatic carbocycles. The number of imidazole rings is 1. The van der Waals surface area contributed by atoms with Gasteiger partial charge >= 0.3 is 0 Å². The molecule has 4 rings (SSSR count). The van der Waals surface area contributed by atoms with Gasteiger partial charge in [0.25, 0.3) is 0 Å². The van der Waals surface area contributed by atoms with E-state index in [1.807, 2.05) is 12.1 Å². The molecule has 2 saturated carbocycles. The first-order valence-corrected chi connectivity index (χ1v) is 7.89. The Hall–Kier alpha value is -1.22. The van der Waals surface area contributed by atoms with Crippen molar-refractivity contribution in [1.29, 1.82) is 0 Å². The zero-order chi connectivity index (χ0) is 13.7. The maximum absolute atomic E-state index is 6.12. The largest absolute Gasteiger partial charge is 0.494 e. The molecule has 1 heterocycles. The second-order valence-corrected chi connectivity index (χ2v) is 6.48. The Morgan fingerprint density at radius 3 is 2.80 bits per heavy atom. The Labute approximate surface area is 123 Å². The highest BCUT2D eigenvalue weighted by Crippen LogP contribution is 2.62. The predicted molar refractivity (Wildman–Crippen MR) is 80.2 cm³/mol. The van der Waals surface area contributed by atoms with E-state index in [9.17, 15) is 0 Å². The van der Waals surface area contributed by atoms with Crippen LogP contribution in [0.25, 0.3) is 11.0 Å². The summed E-state index contributed by atoms with van der Waals surface area (Å²) in [4.78, 5) is 4.70. The van der Waals surface area contributed by atoms with E-state index in [0.29, 0.717) is 11.3 Å². The molecule has 2 aromatic rings. The molecule has 0 N–H and O–H groups in total. The summed E-state index contributed by atoms with van der Waals surface area (Å²) >= 11 is 6.12. The number of alkyl halides is 1. The quantitative estimate of drug-likeness (QED) is 0.779. The molecule has 20 heavy (non-hydrogen) atoms. The standard InChI is InChI=1S/C16H19ClN2O/c1-20-13-4-2-3-12-15(13)18-14(9-17)19(12)10-16(7-8-16)11-5-6-11/h2-4,11H,5-10H2,1H3. The van der Waals surface area contributed by atoms with Crippen LogP contribution in [0.4, 0.5) is 0 Å². The van der Waals surface area contributed by atoms with Gasteiger partial charge in [0.05, 0.1) is 18.5 Å². The number of aromatic nitrogens is 2. The van der Waals surface area contributed by atoms with Crippen LogP contribution < -0.4 is 4.74 Å². The van der Waals surface area contributed by atoms with Crippen molar-refractivity contribution in [3.63, 3.8) is 0 Å². The van der Waals surface area contributed by atoms with Gasteiger partial charge in [0.1, 0.15) is 17.1 Å². The number of nitrogens with zero attached hydrogens (tertiary/aromatic N) is 2. The van der Waals surface area contributed by atoms with Gasteiger partial charge in [0.15, 0.2) is 0 Å². The third-order valence-corrected chi connectivity index (χ3v) is 5.21. The van der Waals surface area contributed by atoms with E-state index in [2.05, 4.69) is 10.6 Å². The van der Waals surface area contributed by atoms with Crippen LogP contribution in [0.2, 0.25) is 0 Å². The Morgan fingerprint density at radius 2 is 2.20 bits per heavy atom. The van der Waals surface area contributed by atoms with E-state index in [1.165, 1.54) is 25.7 Å². The molecule has 0 radical (unpaired) electrons. The molecule has 0 unspecified atom stereocenters. The maximum atomic E-state index is 6.12. The minimum absolute atomic E-state index is 0.457. The second-order valence-electron chi connectivity index (χ2n) is 6.21. The molecule has 0 amide bonds. The van der Waals surface area contributed by atoms with Crippen LogP contribution in [-0.4, -0.2) is 16.7 Å². The molecule has 0 aliphatic heterocycles. The van der Waals surface area contributed by atoms with E-state index < -0.39 is 0 Å². The zero-order valence-electron chi connectivity index (χ0n) is 11.7. The summed E-state index contributed by atoms with van der Waals surface area (Å²) in [5.74, 6) is 3.20. The number of hydrogen-bond donors (Lipinski definition) is 0. The molecule has 0 saturated heterocycles. The topological polar surface area (TPSA) is 27.1 Å². The summed E-state index contributed by atoms with van der Waals surface area (Å²) in [6, 6.07) is 6.13. The lowest BCUT2D eigenvalue weighted by Crippen LogP contribution is -2.15. The summed E-state index contributed by atoms with van der Waals surface area (Å²) in [5.41, 5.74) is 2.64. The highest BCUT2D eigenvalue weighted by Gasteiger charge is 2.54. The molecule has 0 spiro atoms. The number of methoxy groups -OCH3 is 1. The Kier molecular flexibility index (Phi) is 2.75. The lowest BCUT2D eigenvalue weighted by Gasteiger charge is -2.17. The van der Waals surface area contributed by atoms with Crippen LogP contribution in [0, 0.1) is 11.3 Å². The average molecular weight is 291 g/mol. The van der Waals surface area contributed by atoms with Gasteiger partial charge in [-0.2, -0.15) is 0 Å². The fraction of sp³-hybridized carbons (Fsp3) is 0.562. The van der Waals surface area contributed by atoms with Crippen LogP contribution in [-0.2, 0) is 12.4 Å². The summed E-state index contributed by atoms with van der Waals surface area (Å²) in [6.07, 6.45) is 5.55. The first-order chi connectivity index (χ1) is 9.77. The molecule has 0 atom stereocenters. The van der Waals surface area contributed by atoms with E-state index in [0.717, 1.165) is 35.1 Å². The Bertz CT molecular complexity index is 656. The normalized spacial score (nSPS) is 20.3. The summed E-state index contributed by atoms with van der Waals surface area (Å²) in [5, 5.41) is 0. The molecular weight excluding hydrogens is 272 g/mol. The molecule has 1 aromatic carbocycles. The van der Waals surface area contributed by atoms with Gasteiger partial charge < -0.3 is 9.30 Å². The van der Waals surface area contributed by atoms with Crippen molar-refractivity contribution in [2.24, 2.45) is 11.3 Å². The van der Waals surface area contributed by atoms with Gasteiger partial charge in [-0.3, -0.25) is 0 Å². The van der Waals surface area contributed by atoms with Crippen molar-refractivity contribution in [1.82, 2.24) is 9.55 Å². The average Bonchev–Trinajstić information content (AvgIpc) is 3.35. The highest BCUT2D eigenvalue weighted by molar-refractivity contribution is 6.16. The third-order valence-electron chi connectivity index (χ3n) is 4.97. The number of hydrogen-bond acceptors (Lipinski definition) is 2. The molecule has 1 aromatic heterocycles. The molecule has 2 aliphatic rings. The van der Waals surface area contributed by atoms with Crippen LogP contribution >= 0.6 is 11.6 Å². The minimum Gasteiger partial charge on any atom is -0.494 e. The van der Waals surface area contributed by atoms with Crippen molar-refractivity contribution in [2.75, 3.05) is 7.11 Å². The highest BCUT2D eigenvalue weighted by atomic mass is 35.5. The first kappa shape index (κ1) is 12.5. The number of rotatable bonds is 5. The maximum Gasteiger partial charge on any atom is 0.146 e. The van der Waals surface area contributed by atoms with Crippen molar-refractivity contribution in [3.05, 3.63) is 24.0 Å². The smallest absolute Gasteiger partial charge is 0.146 e. The summed E-state index contributed by atoms with van der Waals surface area (Å²) in [6.45, 7) is 1.07. The number of halogens is 1. The monoisotopic (exact) mass is 290 g/mol. The van der Waals surface area contributed by atoms with Gasteiger partial charge in [-0.1, -0.05) is 6.07 Å². The fourth-order valence-corrected chi connectivity index (χ4v) is 3.68. The SMILES string of the molecule is COc1cccc2c1nc(CCl)n2CC1(C2CC2)CC1. The van der Waals surface area contributed by atoms with Gasteiger partial charge in [-0.05, 0) is 49.1 Å². The van der Waals surface area contributed by atoms with Crippen LogP contribution in [0.3, 0.4) is 0 Å². The van der Waals surface area contributed by atoms with Crippen molar-refractivity contribution >= 4 is 22.6 Å². The molecule has 4 heteroatoms. The lowest BCUT2D eigenvalue weighted by atomic mass is 10.0. The minimum atomic E-state index is 0.457. The molecule has 0 bridgehead atoms. The van der Waals surface area contributed by atoms with Gasteiger partial charge in [-0.15, -0.1) is 11.6 Å². The Balaban J connectivity index is 1.80. The van der Waals surface area contributed by atoms with Gasteiger partial charge in [0.2, 0.25) is 0 Å². The number of ether oxygens (including phenoxy) is 1.